The van der Waals surface area contributed by atoms with Crippen LogP contribution in [0.25, 0.3) is 5.69 Å². The van der Waals surface area contributed by atoms with Gasteiger partial charge in [-0.15, -0.1) is 0 Å². The van der Waals surface area contributed by atoms with E-state index in [0.29, 0.717) is 12.4 Å². The van der Waals surface area contributed by atoms with Gasteiger partial charge in [0.1, 0.15) is 12.4 Å². The molecule has 0 spiro atoms. The second-order valence-corrected chi connectivity index (χ2v) is 5.70. The van der Waals surface area contributed by atoms with Gasteiger partial charge in [0.05, 0.1) is 17.1 Å². The topological polar surface area (TPSA) is 56.8 Å². The first-order chi connectivity index (χ1) is 11.0. The number of hydrogen-bond acceptors (Lipinski definition) is 3. The van der Waals surface area contributed by atoms with Gasteiger partial charge in [0.25, 0.3) is 5.56 Å². The molecule has 0 saturated heterocycles. The minimum atomic E-state index is -0.0577. The van der Waals surface area contributed by atoms with Crippen LogP contribution < -0.4 is 10.9 Å². The number of hydrogen-bond donors (Lipinski definition) is 1. The van der Waals surface area contributed by atoms with E-state index in [1.165, 1.54) is 0 Å². The van der Waals surface area contributed by atoms with E-state index in [4.69, 9.17) is 0 Å². The summed E-state index contributed by atoms with van der Waals surface area (Å²) in [5.74, 6) is 0. The number of nitrogens with one attached hydrogen (secondary N) is 1. The number of aryl methyl sites for hydroxylation is 2. The van der Waals surface area contributed by atoms with E-state index in [1.807, 2.05) is 73.6 Å². The minimum Gasteiger partial charge on any atom is -0.360 e. The van der Waals surface area contributed by atoms with Crippen molar-refractivity contribution in [2.24, 2.45) is 7.05 Å². The normalized spacial score (nSPS) is 11.0. The van der Waals surface area contributed by atoms with Crippen molar-refractivity contribution in [3.63, 3.8) is 0 Å². The van der Waals surface area contributed by atoms with Crippen molar-refractivity contribution >= 4 is 5.69 Å². The van der Waals surface area contributed by atoms with E-state index in [0.717, 1.165) is 22.8 Å². The summed E-state index contributed by atoms with van der Waals surface area (Å²) in [6.07, 6.45) is 0. The summed E-state index contributed by atoms with van der Waals surface area (Å²) in [4.78, 5) is 12.8. The van der Waals surface area contributed by atoms with Gasteiger partial charge in [0, 0.05) is 12.7 Å². The maximum atomic E-state index is 12.8. The number of aromatic nitrogens is 4. The van der Waals surface area contributed by atoms with Crippen LogP contribution in [0.4, 0.5) is 5.69 Å². The lowest BCUT2D eigenvalue weighted by Gasteiger charge is -2.07. The smallest absolute Gasteiger partial charge is 0.295 e. The highest BCUT2D eigenvalue weighted by Crippen LogP contribution is 2.14. The minimum absolute atomic E-state index is 0.0577. The number of para-hydroxylation sites is 1. The Bertz CT molecular complexity index is 886. The van der Waals surface area contributed by atoms with Gasteiger partial charge in [0.15, 0.2) is 0 Å². The molecule has 0 aliphatic heterocycles. The molecule has 2 heterocycles. The highest BCUT2D eigenvalue weighted by atomic mass is 16.1. The Morgan fingerprint density at radius 3 is 2.43 bits per heavy atom. The third-order valence-electron chi connectivity index (χ3n) is 4.06. The second-order valence-electron chi connectivity index (χ2n) is 5.70. The van der Waals surface area contributed by atoms with Crippen LogP contribution in [0, 0.1) is 20.8 Å². The summed E-state index contributed by atoms with van der Waals surface area (Å²) < 4.78 is 5.38. The molecule has 0 saturated carbocycles. The molecule has 6 heteroatoms. The van der Waals surface area contributed by atoms with Crippen molar-refractivity contribution in [3.05, 3.63) is 63.8 Å². The highest BCUT2D eigenvalue weighted by Gasteiger charge is 2.15. The molecule has 6 nitrogen and oxygen atoms in total. The summed E-state index contributed by atoms with van der Waals surface area (Å²) in [6, 6.07) is 11.6. The van der Waals surface area contributed by atoms with Gasteiger partial charge in [-0.2, -0.15) is 5.10 Å². The molecule has 3 aromatic rings. The molecule has 0 amide bonds. The first-order valence-corrected chi connectivity index (χ1v) is 7.58. The molecule has 120 valence electrons. The number of nitrogens with zero attached hydrogens (tertiary/aromatic N) is 4. The van der Waals surface area contributed by atoms with Gasteiger partial charge in [-0.25, -0.2) is 4.68 Å². The molecule has 1 aromatic carbocycles. The van der Waals surface area contributed by atoms with E-state index < -0.39 is 0 Å². The number of benzene rings is 1. The average molecular weight is 311 g/mol. The largest absolute Gasteiger partial charge is 0.360 e. The van der Waals surface area contributed by atoms with Gasteiger partial charge in [-0.1, -0.05) is 18.2 Å². The molecule has 0 aliphatic carbocycles. The van der Waals surface area contributed by atoms with Crippen molar-refractivity contribution in [1.82, 2.24) is 19.1 Å². The molecule has 0 fully saturated rings. The summed E-state index contributed by atoms with van der Waals surface area (Å²) in [5, 5.41) is 7.64. The van der Waals surface area contributed by atoms with Crippen LogP contribution in [0.5, 0.6) is 0 Å². The lowest BCUT2D eigenvalue weighted by molar-refractivity contribution is 0.630. The third-order valence-corrected chi connectivity index (χ3v) is 4.06. The average Bonchev–Trinajstić information content (AvgIpc) is 2.96. The molecule has 1 N–H and O–H groups in total. The zero-order valence-corrected chi connectivity index (χ0v) is 13.9. The molecule has 0 unspecified atom stereocenters. The van der Waals surface area contributed by atoms with Crippen LogP contribution in [-0.2, 0) is 13.7 Å². The van der Waals surface area contributed by atoms with Gasteiger partial charge in [-0.05, 0) is 39.0 Å². The van der Waals surface area contributed by atoms with Crippen molar-refractivity contribution in [1.29, 1.82) is 0 Å². The van der Waals surface area contributed by atoms with Crippen LogP contribution in [0.1, 0.15) is 17.1 Å². The summed E-state index contributed by atoms with van der Waals surface area (Å²) >= 11 is 0. The Kier molecular flexibility index (Phi) is 3.82. The molecule has 2 aromatic heterocycles. The molecule has 23 heavy (non-hydrogen) atoms. The van der Waals surface area contributed by atoms with E-state index in [2.05, 4.69) is 10.4 Å². The standard InChI is InChI=1S/C17H21N5O/c1-12-10-13(2)21(19-12)11-18-16-14(3)20(4)22(17(16)23)15-8-6-5-7-9-15/h5-10,18H,11H2,1-4H3. The predicted octanol–water partition coefficient (Wildman–Crippen LogP) is 2.37. The maximum absolute atomic E-state index is 12.8. The molecular weight excluding hydrogens is 290 g/mol. The molecule has 3 rings (SSSR count). The van der Waals surface area contributed by atoms with Crippen molar-refractivity contribution in [2.75, 3.05) is 5.32 Å². The predicted molar refractivity (Wildman–Crippen MR) is 91.1 cm³/mol. The lowest BCUT2D eigenvalue weighted by Crippen LogP contribution is -2.22. The van der Waals surface area contributed by atoms with E-state index >= 15 is 0 Å². The monoisotopic (exact) mass is 311 g/mol. The van der Waals surface area contributed by atoms with Gasteiger partial charge >= 0.3 is 0 Å². The summed E-state index contributed by atoms with van der Waals surface area (Å²) in [7, 11) is 1.89. The zero-order valence-electron chi connectivity index (χ0n) is 13.9. The quantitative estimate of drug-likeness (QED) is 0.805. The van der Waals surface area contributed by atoms with Crippen LogP contribution in [0.15, 0.2) is 41.2 Å². The fraction of sp³-hybridized carbons (Fsp3) is 0.294. The van der Waals surface area contributed by atoms with Crippen molar-refractivity contribution in [3.8, 4) is 5.69 Å². The first-order valence-electron chi connectivity index (χ1n) is 7.58. The van der Waals surface area contributed by atoms with Crippen LogP contribution >= 0.6 is 0 Å². The lowest BCUT2D eigenvalue weighted by atomic mass is 10.3. The fourth-order valence-corrected chi connectivity index (χ4v) is 2.76. The van der Waals surface area contributed by atoms with Gasteiger partial charge < -0.3 is 5.32 Å². The first kappa shape index (κ1) is 15.1. The second kappa shape index (κ2) is 5.79. The number of rotatable bonds is 4. The zero-order chi connectivity index (χ0) is 16.6. The Balaban J connectivity index is 1.95. The fourth-order valence-electron chi connectivity index (χ4n) is 2.76. The van der Waals surface area contributed by atoms with Gasteiger partial charge in [0.2, 0.25) is 0 Å². The van der Waals surface area contributed by atoms with Crippen LogP contribution in [0.2, 0.25) is 0 Å². The molecular formula is C17H21N5O. The van der Waals surface area contributed by atoms with E-state index in [9.17, 15) is 4.79 Å². The molecule has 0 aliphatic rings. The molecule has 0 radical (unpaired) electrons. The van der Waals surface area contributed by atoms with Crippen LogP contribution in [-0.4, -0.2) is 19.1 Å². The summed E-state index contributed by atoms with van der Waals surface area (Å²) in [5.41, 5.74) is 4.31. The van der Waals surface area contributed by atoms with E-state index in [-0.39, 0.29) is 5.56 Å². The molecule has 0 bridgehead atoms. The SMILES string of the molecule is Cc1cc(C)n(CNc2c(C)n(C)n(-c3ccccc3)c2=O)n1. The van der Waals surface area contributed by atoms with E-state index in [1.54, 1.807) is 4.68 Å². The van der Waals surface area contributed by atoms with Crippen LogP contribution in [0.3, 0.4) is 0 Å². The third kappa shape index (κ3) is 2.67. The van der Waals surface area contributed by atoms with Gasteiger partial charge in [-0.3, -0.25) is 14.2 Å². The van der Waals surface area contributed by atoms with Crippen molar-refractivity contribution in [2.45, 2.75) is 27.4 Å². The summed E-state index contributed by atoms with van der Waals surface area (Å²) in [6.45, 7) is 6.36. The Morgan fingerprint density at radius 2 is 1.83 bits per heavy atom. The molecule has 0 atom stereocenters. The Labute approximate surface area is 135 Å². The Hall–Kier alpha value is -2.76. The number of anilines is 1. The Morgan fingerprint density at radius 1 is 1.13 bits per heavy atom. The van der Waals surface area contributed by atoms with Crippen molar-refractivity contribution < 1.29 is 0 Å². The maximum Gasteiger partial charge on any atom is 0.295 e. The highest BCUT2D eigenvalue weighted by molar-refractivity contribution is 5.48.